The Labute approximate surface area is 179 Å². The summed E-state index contributed by atoms with van der Waals surface area (Å²) in [6.45, 7) is 2.57. The number of aliphatic hydroxyl groups is 1. The standard InChI is InChI=1S/C24H26FNO3S/c1-16-21(13-17-5-8-19(9-6-17)30(2)29)20-10-7-18(25)14-23(20)22(16)15-24(28)26-11-3-4-12-27/h5-10,13-14,27H,3-4,11-12,15H2,1-2H3,(H,26,28). The monoisotopic (exact) mass is 427 g/mol. The number of carbonyl (C=O) groups is 1. The second-order valence-corrected chi connectivity index (χ2v) is 8.71. The highest BCUT2D eigenvalue weighted by Gasteiger charge is 2.25. The number of amides is 1. The molecule has 2 N–H and O–H groups in total. The maximum atomic E-state index is 14.0. The summed E-state index contributed by atoms with van der Waals surface area (Å²) in [6.07, 6.45) is 5.19. The maximum absolute atomic E-state index is 14.0. The van der Waals surface area contributed by atoms with Crippen LogP contribution in [0.3, 0.4) is 0 Å². The quantitative estimate of drug-likeness (QED) is 0.622. The van der Waals surface area contributed by atoms with Crippen molar-refractivity contribution >= 4 is 33.9 Å². The average molecular weight is 428 g/mol. The van der Waals surface area contributed by atoms with Crippen molar-refractivity contribution in [1.82, 2.24) is 5.32 Å². The fourth-order valence-corrected chi connectivity index (χ4v) is 4.11. The second kappa shape index (κ2) is 9.96. The summed E-state index contributed by atoms with van der Waals surface area (Å²) < 4.78 is 25.6. The first-order valence-corrected chi connectivity index (χ1v) is 11.5. The zero-order valence-electron chi connectivity index (χ0n) is 17.2. The van der Waals surface area contributed by atoms with Crippen molar-refractivity contribution < 1.29 is 18.5 Å². The minimum absolute atomic E-state index is 0.107. The SMILES string of the molecule is CC1=C(CC(=O)NCCCCO)c2cc(F)ccc2C1=Cc1ccc(S(C)=O)cc1. The summed E-state index contributed by atoms with van der Waals surface area (Å²) in [7, 11) is -1.03. The lowest BCUT2D eigenvalue weighted by Crippen LogP contribution is -2.24. The predicted molar refractivity (Wildman–Crippen MR) is 120 cm³/mol. The first-order valence-electron chi connectivity index (χ1n) is 9.94. The summed E-state index contributed by atoms with van der Waals surface area (Å²) in [5, 5.41) is 11.7. The molecule has 0 saturated carbocycles. The Morgan fingerprint density at radius 1 is 1.13 bits per heavy atom. The normalized spacial score (nSPS) is 15.4. The molecular weight excluding hydrogens is 401 g/mol. The number of aliphatic hydroxyl groups excluding tert-OH is 1. The largest absolute Gasteiger partial charge is 0.396 e. The summed E-state index contributed by atoms with van der Waals surface area (Å²) in [4.78, 5) is 13.2. The Balaban J connectivity index is 1.90. The summed E-state index contributed by atoms with van der Waals surface area (Å²) in [5.41, 5.74) is 5.32. The molecule has 0 fully saturated rings. The van der Waals surface area contributed by atoms with Gasteiger partial charge in [0.2, 0.25) is 5.91 Å². The van der Waals surface area contributed by atoms with Gasteiger partial charge in [-0.3, -0.25) is 9.00 Å². The zero-order chi connectivity index (χ0) is 21.7. The van der Waals surface area contributed by atoms with Crippen LogP contribution in [0.15, 0.2) is 52.9 Å². The first kappa shape index (κ1) is 22.1. The lowest BCUT2D eigenvalue weighted by molar-refractivity contribution is -0.120. The van der Waals surface area contributed by atoms with Crippen LogP contribution in [0, 0.1) is 5.82 Å². The van der Waals surface area contributed by atoms with E-state index < -0.39 is 10.8 Å². The lowest BCUT2D eigenvalue weighted by atomic mass is 10.0. The van der Waals surface area contributed by atoms with Crippen LogP contribution in [0.5, 0.6) is 0 Å². The van der Waals surface area contributed by atoms with Crippen LogP contribution in [0.25, 0.3) is 17.2 Å². The number of allylic oxidation sites excluding steroid dienone is 2. The van der Waals surface area contributed by atoms with E-state index in [9.17, 15) is 13.4 Å². The molecule has 1 atom stereocenters. The molecule has 2 aromatic rings. The van der Waals surface area contributed by atoms with Gasteiger partial charge < -0.3 is 10.4 Å². The Kier molecular flexibility index (Phi) is 7.34. The van der Waals surface area contributed by atoms with E-state index in [1.54, 1.807) is 12.3 Å². The van der Waals surface area contributed by atoms with Crippen LogP contribution in [-0.4, -0.2) is 34.6 Å². The first-order chi connectivity index (χ1) is 14.4. The van der Waals surface area contributed by atoms with Crippen LogP contribution in [0.1, 0.15) is 42.9 Å². The van der Waals surface area contributed by atoms with Gasteiger partial charge in [-0.15, -0.1) is 0 Å². The summed E-state index contributed by atoms with van der Waals surface area (Å²) >= 11 is 0. The molecule has 0 saturated heterocycles. The van der Waals surface area contributed by atoms with Gasteiger partial charge in [-0.1, -0.05) is 18.2 Å². The van der Waals surface area contributed by atoms with Gasteiger partial charge in [0.25, 0.3) is 0 Å². The fourth-order valence-electron chi connectivity index (χ4n) is 3.59. The lowest BCUT2D eigenvalue weighted by Gasteiger charge is -2.08. The van der Waals surface area contributed by atoms with Gasteiger partial charge in [0.15, 0.2) is 0 Å². The molecule has 0 heterocycles. The molecule has 30 heavy (non-hydrogen) atoms. The Bertz CT molecular complexity index is 1030. The Morgan fingerprint density at radius 2 is 1.87 bits per heavy atom. The molecule has 1 unspecified atom stereocenters. The molecule has 1 aliphatic rings. The summed E-state index contributed by atoms with van der Waals surface area (Å²) in [6, 6.07) is 12.2. The highest BCUT2D eigenvalue weighted by atomic mass is 32.2. The van der Waals surface area contributed by atoms with Gasteiger partial charge in [-0.2, -0.15) is 0 Å². The van der Waals surface area contributed by atoms with Crippen molar-refractivity contribution in [3.05, 3.63) is 70.5 Å². The van der Waals surface area contributed by atoms with E-state index in [2.05, 4.69) is 5.32 Å². The molecule has 4 nitrogen and oxygen atoms in total. The number of carbonyl (C=O) groups excluding carboxylic acids is 1. The van der Waals surface area contributed by atoms with Gasteiger partial charge in [0.05, 0.1) is 6.42 Å². The predicted octanol–water partition coefficient (Wildman–Crippen LogP) is 4.17. The maximum Gasteiger partial charge on any atom is 0.224 e. The number of fused-ring (bicyclic) bond motifs is 1. The van der Waals surface area contributed by atoms with Crippen LogP contribution >= 0.6 is 0 Å². The van der Waals surface area contributed by atoms with Gasteiger partial charge in [0.1, 0.15) is 5.82 Å². The molecule has 1 amide bonds. The molecule has 158 valence electrons. The fraction of sp³-hybridized carbons (Fsp3) is 0.292. The second-order valence-electron chi connectivity index (χ2n) is 7.33. The molecular formula is C24H26FNO3S. The van der Waals surface area contributed by atoms with Crippen molar-refractivity contribution in [2.75, 3.05) is 19.4 Å². The molecule has 6 heteroatoms. The van der Waals surface area contributed by atoms with Crippen molar-refractivity contribution in [2.24, 2.45) is 0 Å². The third-order valence-electron chi connectivity index (χ3n) is 5.22. The average Bonchev–Trinajstić information content (AvgIpc) is 2.97. The van der Waals surface area contributed by atoms with Crippen molar-refractivity contribution in [3.8, 4) is 0 Å². The topological polar surface area (TPSA) is 66.4 Å². The molecule has 2 aromatic carbocycles. The van der Waals surface area contributed by atoms with Crippen LogP contribution in [0.4, 0.5) is 4.39 Å². The van der Waals surface area contributed by atoms with E-state index in [1.165, 1.54) is 12.1 Å². The van der Waals surface area contributed by atoms with E-state index in [0.717, 1.165) is 44.7 Å². The van der Waals surface area contributed by atoms with Crippen molar-refractivity contribution in [1.29, 1.82) is 0 Å². The van der Waals surface area contributed by atoms with Gasteiger partial charge >= 0.3 is 0 Å². The van der Waals surface area contributed by atoms with E-state index in [4.69, 9.17) is 5.11 Å². The molecule has 1 aliphatic carbocycles. The Morgan fingerprint density at radius 3 is 2.53 bits per heavy atom. The number of hydrogen-bond acceptors (Lipinski definition) is 3. The van der Waals surface area contributed by atoms with Crippen LogP contribution in [0.2, 0.25) is 0 Å². The molecule has 0 bridgehead atoms. The van der Waals surface area contributed by atoms with Gasteiger partial charge in [0, 0.05) is 35.1 Å². The number of rotatable bonds is 8. The van der Waals surface area contributed by atoms with E-state index >= 15 is 0 Å². The Hall–Kier alpha value is -2.57. The smallest absolute Gasteiger partial charge is 0.224 e. The van der Waals surface area contributed by atoms with Gasteiger partial charge in [-0.05, 0) is 83.5 Å². The zero-order valence-corrected chi connectivity index (χ0v) is 18.0. The number of halogens is 1. The number of hydrogen-bond donors (Lipinski definition) is 2. The van der Waals surface area contributed by atoms with E-state index in [1.807, 2.05) is 37.3 Å². The number of nitrogens with one attached hydrogen (secondary N) is 1. The number of benzene rings is 2. The van der Waals surface area contributed by atoms with Gasteiger partial charge in [-0.25, -0.2) is 4.39 Å². The minimum atomic E-state index is -1.03. The minimum Gasteiger partial charge on any atom is -0.396 e. The molecule has 0 spiro atoms. The third-order valence-corrected chi connectivity index (χ3v) is 6.16. The third kappa shape index (κ3) is 5.12. The van der Waals surface area contributed by atoms with Crippen LogP contribution in [-0.2, 0) is 15.6 Å². The summed E-state index contributed by atoms with van der Waals surface area (Å²) in [5.74, 6) is -0.452. The molecule has 0 aromatic heterocycles. The molecule has 0 aliphatic heterocycles. The van der Waals surface area contributed by atoms with Crippen LogP contribution < -0.4 is 5.32 Å². The van der Waals surface area contributed by atoms with Crippen molar-refractivity contribution in [2.45, 2.75) is 31.1 Å². The van der Waals surface area contributed by atoms with Crippen molar-refractivity contribution in [3.63, 3.8) is 0 Å². The highest BCUT2D eigenvalue weighted by molar-refractivity contribution is 7.84. The molecule has 3 rings (SSSR count). The highest BCUT2D eigenvalue weighted by Crippen LogP contribution is 2.43. The number of unbranched alkanes of at least 4 members (excludes halogenated alkanes) is 1. The van der Waals surface area contributed by atoms with E-state index in [0.29, 0.717) is 13.0 Å². The molecule has 0 radical (unpaired) electrons. The van der Waals surface area contributed by atoms with E-state index in [-0.39, 0.29) is 24.8 Å².